The van der Waals surface area contributed by atoms with Crippen molar-refractivity contribution >= 4 is 29.1 Å². The second-order valence-corrected chi connectivity index (χ2v) is 4.41. The molecule has 1 rings (SSSR count). The van der Waals surface area contributed by atoms with E-state index in [9.17, 15) is 18.6 Å². The first-order valence-corrected chi connectivity index (χ1v) is 5.60. The van der Waals surface area contributed by atoms with Gasteiger partial charge in [-0.25, -0.2) is 0 Å². The van der Waals surface area contributed by atoms with E-state index in [1.165, 1.54) is 6.92 Å². The van der Waals surface area contributed by atoms with E-state index in [4.69, 9.17) is 33.7 Å². The van der Waals surface area contributed by atoms with Gasteiger partial charge in [-0.15, -0.1) is 0 Å². The third-order valence-corrected chi connectivity index (χ3v) is 2.44. The van der Waals surface area contributed by atoms with Gasteiger partial charge in [-0.1, -0.05) is 23.2 Å². The van der Waals surface area contributed by atoms with Gasteiger partial charge in [0.2, 0.25) is 0 Å². The zero-order valence-corrected chi connectivity index (χ0v) is 11.1. The van der Waals surface area contributed by atoms with Gasteiger partial charge >= 0.3 is 6.18 Å². The van der Waals surface area contributed by atoms with Crippen LogP contribution in [0.4, 0.5) is 13.2 Å². The van der Waals surface area contributed by atoms with E-state index in [-0.39, 0.29) is 21.5 Å². The topological polar surface area (TPSA) is 57.5 Å². The van der Waals surface area contributed by atoms with Gasteiger partial charge in [0.15, 0.2) is 5.75 Å². The lowest BCUT2D eigenvalue weighted by molar-refractivity contribution is -0.137. The van der Waals surface area contributed by atoms with Gasteiger partial charge in [0.1, 0.15) is 0 Å². The second kappa shape index (κ2) is 5.71. The summed E-state index contributed by atoms with van der Waals surface area (Å²) in [6.45, 7) is 1.48. The average Bonchev–Trinajstić information content (AvgIpc) is 2.20. The van der Waals surface area contributed by atoms with Gasteiger partial charge in [-0.2, -0.15) is 13.2 Å². The number of halogens is 5. The third-order valence-electron chi connectivity index (χ3n) is 1.88. The Balaban J connectivity index is 3.12. The fraction of sp³-hybridized carbons (Fsp3) is 0.182. The van der Waals surface area contributed by atoms with Crippen LogP contribution in [0.1, 0.15) is 12.5 Å². The molecule has 0 amide bonds. The maximum Gasteiger partial charge on any atom is 0.416 e. The van der Waals surface area contributed by atoms with Crippen molar-refractivity contribution in [2.45, 2.75) is 13.1 Å². The van der Waals surface area contributed by atoms with Crippen LogP contribution in [0.25, 0.3) is 5.41 Å². The van der Waals surface area contributed by atoms with E-state index in [0.717, 1.165) is 6.08 Å². The third kappa shape index (κ3) is 4.33. The van der Waals surface area contributed by atoms with Crippen LogP contribution in [0.5, 0.6) is 5.75 Å². The van der Waals surface area contributed by atoms with Gasteiger partial charge in [-0.3, -0.25) is 0 Å². The number of rotatable bonds is 2. The molecule has 1 aromatic rings. The molecular formula is C11H8Cl2F3N2O-. The molecule has 0 atom stereocenters. The van der Waals surface area contributed by atoms with E-state index in [1.54, 1.807) is 0 Å². The number of benzene rings is 1. The van der Waals surface area contributed by atoms with Crippen LogP contribution in [0.3, 0.4) is 0 Å². The van der Waals surface area contributed by atoms with Crippen LogP contribution in [-0.2, 0) is 6.18 Å². The van der Waals surface area contributed by atoms with Gasteiger partial charge in [0.05, 0.1) is 15.6 Å². The fourth-order valence-electron chi connectivity index (χ4n) is 1.15. The number of nitrogens with zero attached hydrogens (tertiary/aromatic N) is 1. The molecular weight excluding hydrogens is 304 g/mol. The Morgan fingerprint density at radius 2 is 1.79 bits per heavy atom. The van der Waals surface area contributed by atoms with Gasteiger partial charge in [0.25, 0.3) is 0 Å². The Hall–Kier alpha value is -1.40. The molecule has 104 valence electrons. The molecule has 0 saturated heterocycles. The molecule has 0 bridgehead atoms. The minimum Gasteiger partial charge on any atom is -0.771 e. The Kier molecular flexibility index (Phi) is 4.70. The molecule has 0 aromatic heterocycles. The summed E-state index contributed by atoms with van der Waals surface area (Å²) in [6, 6.07) is 1.30. The molecule has 0 aliphatic rings. The molecule has 8 heteroatoms. The van der Waals surface area contributed by atoms with Crippen molar-refractivity contribution in [2.24, 2.45) is 5.73 Å². The fourth-order valence-corrected chi connectivity index (χ4v) is 1.71. The van der Waals surface area contributed by atoms with Crippen molar-refractivity contribution in [2.75, 3.05) is 0 Å². The lowest BCUT2D eigenvalue weighted by atomic mass is 10.2. The summed E-state index contributed by atoms with van der Waals surface area (Å²) in [5.41, 5.74) is 4.51. The normalized spacial score (nSPS) is 12.4. The number of hydrogen-bond acceptors (Lipinski definition) is 2. The largest absolute Gasteiger partial charge is 0.771 e. The predicted molar refractivity (Wildman–Crippen MR) is 68.4 cm³/mol. The Labute approximate surface area is 117 Å². The summed E-state index contributed by atoms with van der Waals surface area (Å²) >= 11 is 11.3. The number of hydrogen-bond donors (Lipinski definition) is 1. The molecule has 0 radical (unpaired) electrons. The molecule has 0 spiro atoms. The molecule has 0 fully saturated rings. The Morgan fingerprint density at radius 1 is 1.32 bits per heavy atom. The van der Waals surface area contributed by atoms with Crippen LogP contribution in [0.15, 0.2) is 23.9 Å². The van der Waals surface area contributed by atoms with Gasteiger partial charge in [0, 0.05) is 11.6 Å². The molecule has 0 aliphatic carbocycles. The van der Waals surface area contributed by atoms with Crippen molar-refractivity contribution in [3.8, 4) is 5.75 Å². The molecule has 0 saturated carbocycles. The highest BCUT2D eigenvalue weighted by Gasteiger charge is 2.32. The zero-order chi connectivity index (χ0) is 14.8. The second-order valence-electron chi connectivity index (χ2n) is 3.60. The molecule has 0 aliphatic heterocycles. The Bertz CT molecular complexity index is 514. The van der Waals surface area contributed by atoms with Crippen molar-refractivity contribution in [3.05, 3.63) is 44.9 Å². The Morgan fingerprint density at radius 3 is 2.16 bits per heavy atom. The highest BCUT2D eigenvalue weighted by molar-refractivity contribution is 6.37. The van der Waals surface area contributed by atoms with E-state index >= 15 is 0 Å². The number of ether oxygens (including phenoxy) is 1. The maximum absolute atomic E-state index is 12.5. The first-order chi connectivity index (χ1) is 8.61. The van der Waals surface area contributed by atoms with Crippen LogP contribution >= 0.6 is 23.2 Å². The molecule has 0 unspecified atom stereocenters. The summed E-state index contributed by atoms with van der Waals surface area (Å²) in [5.74, 6) is -0.921. The maximum atomic E-state index is 12.5. The lowest BCUT2D eigenvalue weighted by Crippen LogP contribution is -2.08. The standard InChI is InChI=1S/C11H8Cl2F3N2O/c1-5(17)2-9(18)19-10-7(12)3-6(4-8(10)13)11(14,15)16/h2-4H,17H2,1H3/q-1/b5-2-. The van der Waals surface area contributed by atoms with Crippen LogP contribution < -0.4 is 10.5 Å². The first-order valence-electron chi connectivity index (χ1n) is 4.85. The highest BCUT2D eigenvalue weighted by Crippen LogP contribution is 2.39. The van der Waals surface area contributed by atoms with Crippen LogP contribution in [0.2, 0.25) is 10.0 Å². The molecule has 0 heterocycles. The quantitative estimate of drug-likeness (QED) is 0.656. The minimum atomic E-state index is -4.58. The van der Waals surface area contributed by atoms with Crippen molar-refractivity contribution in [1.82, 2.24) is 0 Å². The van der Waals surface area contributed by atoms with Gasteiger partial charge in [-0.05, 0) is 25.1 Å². The predicted octanol–water partition coefficient (Wildman–Crippen LogP) is 4.22. The zero-order valence-electron chi connectivity index (χ0n) is 9.55. The first kappa shape index (κ1) is 15.7. The average molecular weight is 312 g/mol. The number of allylic oxidation sites excluding steroid dienone is 1. The number of alkyl halides is 3. The van der Waals surface area contributed by atoms with E-state index < -0.39 is 17.6 Å². The molecule has 19 heavy (non-hydrogen) atoms. The molecule has 2 N–H and O–H groups in total. The van der Waals surface area contributed by atoms with Crippen molar-refractivity contribution in [1.29, 1.82) is 0 Å². The van der Waals surface area contributed by atoms with Gasteiger partial charge < -0.3 is 15.9 Å². The highest BCUT2D eigenvalue weighted by atomic mass is 35.5. The van der Waals surface area contributed by atoms with Crippen LogP contribution in [-0.4, -0.2) is 5.90 Å². The van der Waals surface area contributed by atoms with E-state index in [1.807, 2.05) is 0 Å². The summed E-state index contributed by atoms with van der Waals surface area (Å²) < 4.78 is 42.3. The van der Waals surface area contributed by atoms with E-state index in [2.05, 4.69) is 0 Å². The molecule has 3 nitrogen and oxygen atoms in total. The minimum absolute atomic E-state index is 0.233. The van der Waals surface area contributed by atoms with Crippen LogP contribution in [0, 0.1) is 0 Å². The summed E-state index contributed by atoms with van der Waals surface area (Å²) in [5, 5.41) is 8.59. The summed E-state index contributed by atoms with van der Waals surface area (Å²) in [6.07, 6.45) is -3.52. The monoisotopic (exact) mass is 311 g/mol. The lowest BCUT2D eigenvalue weighted by Gasteiger charge is -2.16. The number of nitrogens with two attached hydrogens (primary N) is 1. The SMILES string of the molecule is C/C(N)=C/C(=[N-])Oc1c(Cl)cc(C(F)(F)F)cc1Cl. The summed E-state index contributed by atoms with van der Waals surface area (Å²) in [7, 11) is 0. The smallest absolute Gasteiger partial charge is 0.416 e. The molecule has 1 aromatic carbocycles. The summed E-state index contributed by atoms with van der Waals surface area (Å²) in [4.78, 5) is 0. The van der Waals surface area contributed by atoms with Crippen molar-refractivity contribution < 1.29 is 17.9 Å². The van der Waals surface area contributed by atoms with Crippen molar-refractivity contribution in [3.63, 3.8) is 0 Å². The van der Waals surface area contributed by atoms with E-state index in [0.29, 0.717) is 12.1 Å².